The Bertz CT molecular complexity index is 1100. The molecule has 1 aliphatic rings. The van der Waals surface area contributed by atoms with Gasteiger partial charge in [0.25, 0.3) is 0 Å². The van der Waals surface area contributed by atoms with E-state index in [1.807, 2.05) is 12.4 Å². The first-order valence-electron chi connectivity index (χ1n) is 11.8. The summed E-state index contributed by atoms with van der Waals surface area (Å²) in [6, 6.07) is 22.4. The van der Waals surface area contributed by atoms with Crippen LogP contribution in [0.1, 0.15) is 37.1 Å². The normalized spacial score (nSPS) is 19.2. The van der Waals surface area contributed by atoms with Gasteiger partial charge in [-0.1, -0.05) is 61.4 Å². The molecule has 2 unspecified atom stereocenters. The molecule has 0 aliphatic heterocycles. The van der Waals surface area contributed by atoms with E-state index in [4.69, 9.17) is 9.97 Å². The van der Waals surface area contributed by atoms with Crippen molar-refractivity contribution in [2.24, 2.45) is 0 Å². The SMILES string of the molecule is CN(Cc1nccc2ccccc12)C1CCCCC1N(C)Cc1nccc2ccccc12. The Kier molecular flexibility index (Phi) is 6.15. The highest BCUT2D eigenvalue weighted by atomic mass is 15.2. The lowest BCUT2D eigenvalue weighted by Gasteiger charge is -2.42. The van der Waals surface area contributed by atoms with Gasteiger partial charge < -0.3 is 0 Å². The molecule has 0 amide bonds. The van der Waals surface area contributed by atoms with Crippen molar-refractivity contribution < 1.29 is 0 Å². The Morgan fingerprint density at radius 2 is 1.09 bits per heavy atom. The first kappa shape index (κ1) is 21.0. The Morgan fingerprint density at radius 1 is 0.656 bits per heavy atom. The molecule has 164 valence electrons. The maximum absolute atomic E-state index is 4.75. The fourth-order valence-corrected chi connectivity index (χ4v) is 5.44. The fourth-order valence-electron chi connectivity index (χ4n) is 5.44. The van der Waals surface area contributed by atoms with E-state index in [1.165, 1.54) is 58.6 Å². The van der Waals surface area contributed by atoms with Crippen molar-refractivity contribution >= 4 is 21.5 Å². The van der Waals surface area contributed by atoms with Crippen molar-refractivity contribution in [3.63, 3.8) is 0 Å². The standard InChI is InChI=1S/C28H32N4/c1-31(19-25-23-11-5-3-9-21(23)15-17-29-25)27-13-7-8-14-28(27)32(2)20-26-24-12-6-4-10-22(24)16-18-30-26/h3-6,9-12,15-18,27-28H,7-8,13-14,19-20H2,1-2H3. The molecule has 2 heterocycles. The quantitative estimate of drug-likeness (QED) is 0.400. The number of hydrogen-bond donors (Lipinski definition) is 0. The minimum absolute atomic E-state index is 0.518. The van der Waals surface area contributed by atoms with Gasteiger partial charge in [0.05, 0.1) is 11.4 Å². The van der Waals surface area contributed by atoms with E-state index in [0.717, 1.165) is 13.1 Å². The van der Waals surface area contributed by atoms with E-state index in [0.29, 0.717) is 12.1 Å². The number of benzene rings is 2. The number of hydrogen-bond acceptors (Lipinski definition) is 4. The topological polar surface area (TPSA) is 32.3 Å². The molecule has 4 nitrogen and oxygen atoms in total. The summed E-state index contributed by atoms with van der Waals surface area (Å²) < 4.78 is 0. The molecule has 4 heteroatoms. The summed E-state index contributed by atoms with van der Waals surface area (Å²) in [4.78, 5) is 14.6. The van der Waals surface area contributed by atoms with Crippen molar-refractivity contribution in [1.82, 2.24) is 19.8 Å². The predicted octanol–water partition coefficient (Wildman–Crippen LogP) is 5.66. The molecule has 0 radical (unpaired) electrons. The van der Waals surface area contributed by atoms with E-state index in [2.05, 4.69) is 84.6 Å². The summed E-state index contributed by atoms with van der Waals surface area (Å²) in [7, 11) is 4.55. The van der Waals surface area contributed by atoms with E-state index in [1.54, 1.807) is 0 Å². The third kappa shape index (κ3) is 4.25. The monoisotopic (exact) mass is 424 g/mol. The van der Waals surface area contributed by atoms with Crippen molar-refractivity contribution in [2.75, 3.05) is 14.1 Å². The van der Waals surface area contributed by atoms with Crippen molar-refractivity contribution in [3.8, 4) is 0 Å². The minimum atomic E-state index is 0.518. The smallest absolute Gasteiger partial charge is 0.0622 e. The second-order valence-electron chi connectivity index (χ2n) is 9.21. The van der Waals surface area contributed by atoms with Crippen LogP contribution in [0.2, 0.25) is 0 Å². The summed E-state index contributed by atoms with van der Waals surface area (Å²) in [6.45, 7) is 1.76. The van der Waals surface area contributed by atoms with Crippen LogP contribution >= 0.6 is 0 Å². The zero-order valence-electron chi connectivity index (χ0n) is 19.1. The second-order valence-corrected chi connectivity index (χ2v) is 9.21. The van der Waals surface area contributed by atoms with Gasteiger partial charge in [-0.25, -0.2) is 0 Å². The summed E-state index contributed by atoms with van der Waals surface area (Å²) in [5.41, 5.74) is 2.35. The Hall–Kier alpha value is -2.82. The predicted molar refractivity (Wildman–Crippen MR) is 132 cm³/mol. The Balaban J connectivity index is 1.36. The van der Waals surface area contributed by atoms with Gasteiger partial charge in [-0.15, -0.1) is 0 Å². The van der Waals surface area contributed by atoms with Crippen LogP contribution in [-0.2, 0) is 13.1 Å². The first-order chi connectivity index (χ1) is 15.7. The average Bonchev–Trinajstić information content (AvgIpc) is 2.84. The zero-order chi connectivity index (χ0) is 21.9. The van der Waals surface area contributed by atoms with Gasteiger partial charge in [0, 0.05) is 48.3 Å². The highest BCUT2D eigenvalue weighted by Gasteiger charge is 2.31. The number of aromatic nitrogens is 2. The van der Waals surface area contributed by atoms with E-state index in [-0.39, 0.29) is 0 Å². The lowest BCUT2D eigenvalue weighted by molar-refractivity contribution is 0.0685. The van der Waals surface area contributed by atoms with Crippen LogP contribution < -0.4 is 0 Å². The Morgan fingerprint density at radius 3 is 1.56 bits per heavy atom. The molecule has 32 heavy (non-hydrogen) atoms. The van der Waals surface area contributed by atoms with Crippen LogP contribution in [-0.4, -0.2) is 45.9 Å². The van der Waals surface area contributed by atoms with Gasteiger partial charge in [-0.3, -0.25) is 19.8 Å². The average molecular weight is 425 g/mol. The highest BCUT2D eigenvalue weighted by molar-refractivity contribution is 5.84. The molecule has 0 bridgehead atoms. The van der Waals surface area contributed by atoms with E-state index in [9.17, 15) is 0 Å². The number of pyridine rings is 2. The van der Waals surface area contributed by atoms with E-state index >= 15 is 0 Å². The maximum Gasteiger partial charge on any atom is 0.0622 e. The molecule has 1 fully saturated rings. The summed E-state index contributed by atoms with van der Waals surface area (Å²) in [5.74, 6) is 0. The molecular formula is C28H32N4. The molecule has 1 saturated carbocycles. The van der Waals surface area contributed by atoms with Crippen LogP contribution in [0.15, 0.2) is 73.1 Å². The number of rotatable bonds is 6. The minimum Gasteiger partial charge on any atom is -0.296 e. The van der Waals surface area contributed by atoms with Crippen molar-refractivity contribution in [1.29, 1.82) is 0 Å². The highest BCUT2D eigenvalue weighted by Crippen LogP contribution is 2.29. The van der Waals surface area contributed by atoms with Gasteiger partial charge in [0.15, 0.2) is 0 Å². The maximum atomic E-state index is 4.75. The molecular weight excluding hydrogens is 392 g/mol. The lowest BCUT2D eigenvalue weighted by atomic mass is 9.88. The molecule has 0 spiro atoms. The molecule has 2 atom stereocenters. The second kappa shape index (κ2) is 9.35. The fraction of sp³-hybridized carbons (Fsp3) is 0.357. The van der Waals surface area contributed by atoms with E-state index < -0.39 is 0 Å². The summed E-state index contributed by atoms with van der Waals surface area (Å²) in [6.07, 6.45) is 8.96. The molecule has 0 saturated heterocycles. The van der Waals surface area contributed by atoms with Gasteiger partial charge in [0.2, 0.25) is 0 Å². The first-order valence-corrected chi connectivity index (χ1v) is 11.8. The zero-order valence-corrected chi connectivity index (χ0v) is 19.1. The largest absolute Gasteiger partial charge is 0.296 e. The number of fused-ring (bicyclic) bond motifs is 2. The molecule has 2 aromatic carbocycles. The summed E-state index contributed by atoms with van der Waals surface area (Å²) in [5, 5.41) is 5.07. The van der Waals surface area contributed by atoms with Gasteiger partial charge in [0.1, 0.15) is 0 Å². The van der Waals surface area contributed by atoms with Crippen LogP contribution in [0, 0.1) is 0 Å². The summed E-state index contributed by atoms with van der Waals surface area (Å²) >= 11 is 0. The van der Waals surface area contributed by atoms with Crippen LogP contribution in [0.5, 0.6) is 0 Å². The van der Waals surface area contributed by atoms with Crippen molar-refractivity contribution in [3.05, 3.63) is 84.4 Å². The molecule has 4 aromatic rings. The van der Waals surface area contributed by atoms with Crippen LogP contribution in [0.3, 0.4) is 0 Å². The van der Waals surface area contributed by atoms with Crippen LogP contribution in [0.25, 0.3) is 21.5 Å². The third-order valence-electron chi connectivity index (χ3n) is 7.14. The molecule has 5 rings (SSSR count). The van der Waals surface area contributed by atoms with Crippen LogP contribution in [0.4, 0.5) is 0 Å². The third-order valence-corrected chi connectivity index (χ3v) is 7.14. The number of nitrogens with zero attached hydrogens (tertiary/aromatic N) is 4. The van der Waals surface area contributed by atoms with Gasteiger partial charge >= 0.3 is 0 Å². The lowest BCUT2D eigenvalue weighted by Crippen LogP contribution is -2.50. The molecule has 2 aromatic heterocycles. The van der Waals surface area contributed by atoms with Crippen molar-refractivity contribution in [2.45, 2.75) is 50.9 Å². The molecule has 0 N–H and O–H groups in total. The Labute approximate surface area is 190 Å². The number of likely N-dealkylation sites (N-methyl/N-ethyl adjacent to an activating group) is 2. The molecule has 1 aliphatic carbocycles. The van der Waals surface area contributed by atoms with Gasteiger partial charge in [-0.2, -0.15) is 0 Å². The van der Waals surface area contributed by atoms with Gasteiger partial charge in [-0.05, 0) is 49.8 Å².